The summed E-state index contributed by atoms with van der Waals surface area (Å²) in [6.45, 7) is 2.86. The Balaban J connectivity index is 1.63. The molecular weight excluding hydrogens is 402 g/mol. The Bertz CT molecular complexity index is 1080. The molecule has 3 aromatic rings. The number of para-hydroxylation sites is 1. The molecule has 1 amide bonds. The summed E-state index contributed by atoms with van der Waals surface area (Å²) < 4.78 is 32.8. The first-order valence-electron chi connectivity index (χ1n) is 9.54. The van der Waals surface area contributed by atoms with Gasteiger partial charge in [0.25, 0.3) is 5.91 Å². The maximum Gasteiger partial charge on any atom is 0.251 e. The standard InChI is InChI=1S/C22H25N3O4S/c1-17-10-11-20(30(27,28)24-16-19-9-6-14-29-19)15-21(17)22(26)23-12-13-25(2)18-7-4-3-5-8-18/h3-11,14-15,24H,12-13,16H2,1-2H3,(H,23,26). The van der Waals surface area contributed by atoms with E-state index in [2.05, 4.69) is 10.0 Å². The molecule has 0 saturated carbocycles. The van der Waals surface area contributed by atoms with Crippen LogP contribution in [0, 0.1) is 6.92 Å². The van der Waals surface area contributed by atoms with E-state index in [1.54, 1.807) is 25.1 Å². The fourth-order valence-electron chi connectivity index (χ4n) is 2.92. The first kappa shape index (κ1) is 21.6. The Morgan fingerprint density at radius 3 is 2.53 bits per heavy atom. The van der Waals surface area contributed by atoms with Gasteiger partial charge < -0.3 is 14.6 Å². The van der Waals surface area contributed by atoms with Crippen LogP contribution < -0.4 is 14.9 Å². The van der Waals surface area contributed by atoms with Crippen molar-refractivity contribution in [1.82, 2.24) is 10.0 Å². The van der Waals surface area contributed by atoms with Gasteiger partial charge in [-0.25, -0.2) is 13.1 Å². The minimum absolute atomic E-state index is 0.0335. The predicted octanol–water partition coefficient (Wildman–Crippen LogP) is 2.93. The smallest absolute Gasteiger partial charge is 0.251 e. The quantitative estimate of drug-likeness (QED) is 0.548. The average molecular weight is 428 g/mol. The van der Waals surface area contributed by atoms with Gasteiger partial charge in [0.05, 0.1) is 17.7 Å². The molecule has 8 heteroatoms. The van der Waals surface area contributed by atoms with Gasteiger partial charge in [0, 0.05) is 31.4 Å². The highest BCUT2D eigenvalue weighted by atomic mass is 32.2. The van der Waals surface area contributed by atoms with Gasteiger partial charge in [-0.3, -0.25) is 4.79 Å². The molecule has 0 atom stereocenters. The second-order valence-corrected chi connectivity index (χ2v) is 8.66. The first-order chi connectivity index (χ1) is 14.4. The van der Waals surface area contributed by atoms with Gasteiger partial charge >= 0.3 is 0 Å². The molecule has 7 nitrogen and oxygen atoms in total. The van der Waals surface area contributed by atoms with E-state index in [4.69, 9.17) is 4.42 Å². The number of nitrogens with zero attached hydrogens (tertiary/aromatic N) is 1. The lowest BCUT2D eigenvalue weighted by Gasteiger charge is -2.19. The molecule has 0 fully saturated rings. The number of carbonyl (C=O) groups excluding carboxylic acids is 1. The van der Waals surface area contributed by atoms with Crippen molar-refractivity contribution in [3.63, 3.8) is 0 Å². The van der Waals surface area contributed by atoms with Gasteiger partial charge in [0.15, 0.2) is 0 Å². The van der Waals surface area contributed by atoms with Crippen LogP contribution in [0.1, 0.15) is 21.7 Å². The normalized spacial score (nSPS) is 11.3. The van der Waals surface area contributed by atoms with Crippen LogP contribution in [0.5, 0.6) is 0 Å². The second kappa shape index (κ2) is 9.60. The summed E-state index contributed by atoms with van der Waals surface area (Å²) in [5, 5.41) is 2.86. The number of nitrogens with one attached hydrogen (secondary N) is 2. The molecule has 0 radical (unpaired) electrons. The molecule has 1 heterocycles. The molecule has 0 saturated heterocycles. The van der Waals surface area contributed by atoms with Crippen molar-refractivity contribution in [2.75, 3.05) is 25.0 Å². The Labute approximate surface area is 176 Å². The van der Waals surface area contributed by atoms with E-state index in [9.17, 15) is 13.2 Å². The van der Waals surface area contributed by atoms with Gasteiger partial charge in [0.2, 0.25) is 10.0 Å². The third-order valence-corrected chi connectivity index (χ3v) is 6.11. The molecule has 158 valence electrons. The number of carbonyl (C=O) groups is 1. The Morgan fingerprint density at radius 1 is 1.07 bits per heavy atom. The molecule has 1 aromatic heterocycles. The van der Waals surface area contributed by atoms with Crippen LogP contribution in [0.2, 0.25) is 0 Å². The third-order valence-electron chi connectivity index (χ3n) is 4.71. The van der Waals surface area contributed by atoms with E-state index in [0.717, 1.165) is 5.69 Å². The van der Waals surface area contributed by atoms with Crippen molar-refractivity contribution in [2.24, 2.45) is 0 Å². The number of benzene rings is 2. The molecule has 0 aliphatic carbocycles. The van der Waals surface area contributed by atoms with Crippen LogP contribution in [-0.2, 0) is 16.6 Å². The number of anilines is 1. The summed E-state index contributed by atoms with van der Waals surface area (Å²) >= 11 is 0. The summed E-state index contributed by atoms with van der Waals surface area (Å²) in [5.74, 6) is 0.197. The summed E-state index contributed by atoms with van der Waals surface area (Å²) in [5.41, 5.74) is 2.09. The lowest BCUT2D eigenvalue weighted by molar-refractivity contribution is 0.0954. The van der Waals surface area contributed by atoms with E-state index < -0.39 is 10.0 Å². The van der Waals surface area contributed by atoms with Crippen molar-refractivity contribution in [1.29, 1.82) is 0 Å². The molecule has 2 aromatic carbocycles. The largest absolute Gasteiger partial charge is 0.468 e. The molecule has 0 aliphatic heterocycles. The molecule has 30 heavy (non-hydrogen) atoms. The molecular formula is C22H25N3O4S. The predicted molar refractivity (Wildman–Crippen MR) is 116 cm³/mol. The second-order valence-electron chi connectivity index (χ2n) is 6.89. The zero-order chi connectivity index (χ0) is 21.6. The van der Waals surface area contributed by atoms with Crippen LogP contribution in [0.4, 0.5) is 5.69 Å². The lowest BCUT2D eigenvalue weighted by Crippen LogP contribution is -2.33. The molecule has 2 N–H and O–H groups in total. The van der Waals surface area contributed by atoms with Gasteiger partial charge in [0.1, 0.15) is 5.76 Å². The van der Waals surface area contributed by atoms with E-state index in [-0.39, 0.29) is 17.3 Å². The topological polar surface area (TPSA) is 91.6 Å². The highest BCUT2D eigenvalue weighted by Gasteiger charge is 2.18. The van der Waals surface area contributed by atoms with Crippen LogP contribution in [0.3, 0.4) is 0 Å². The Hall–Kier alpha value is -3.10. The molecule has 0 bridgehead atoms. The monoisotopic (exact) mass is 427 g/mol. The molecule has 0 unspecified atom stereocenters. The van der Waals surface area contributed by atoms with Crippen molar-refractivity contribution in [2.45, 2.75) is 18.4 Å². The number of aryl methyl sites for hydroxylation is 1. The zero-order valence-electron chi connectivity index (χ0n) is 17.0. The van der Waals surface area contributed by atoms with E-state index in [1.807, 2.05) is 42.3 Å². The maximum atomic E-state index is 12.6. The average Bonchev–Trinajstić information content (AvgIpc) is 3.27. The highest BCUT2D eigenvalue weighted by Crippen LogP contribution is 2.16. The third kappa shape index (κ3) is 5.49. The summed E-state index contributed by atoms with van der Waals surface area (Å²) in [6, 6.07) is 17.7. The Kier molecular flexibility index (Phi) is 6.91. The SMILES string of the molecule is Cc1ccc(S(=O)(=O)NCc2ccco2)cc1C(=O)NCCN(C)c1ccccc1. The molecule has 0 spiro atoms. The van der Waals surface area contributed by atoms with E-state index in [0.29, 0.717) is 30.0 Å². The number of furan rings is 1. The van der Waals surface area contributed by atoms with Gasteiger partial charge in [-0.05, 0) is 48.9 Å². The van der Waals surface area contributed by atoms with Crippen molar-refractivity contribution < 1.29 is 17.6 Å². The van der Waals surface area contributed by atoms with Crippen molar-refractivity contribution >= 4 is 21.6 Å². The maximum absolute atomic E-state index is 12.6. The van der Waals surface area contributed by atoms with Gasteiger partial charge in [-0.2, -0.15) is 0 Å². The lowest BCUT2D eigenvalue weighted by atomic mass is 10.1. The number of rotatable bonds is 9. The summed E-state index contributed by atoms with van der Waals surface area (Å²) in [6.07, 6.45) is 1.48. The number of likely N-dealkylation sites (N-methyl/N-ethyl adjacent to an activating group) is 1. The zero-order valence-corrected chi connectivity index (χ0v) is 17.8. The van der Waals surface area contributed by atoms with Gasteiger partial charge in [-0.15, -0.1) is 0 Å². The van der Waals surface area contributed by atoms with Crippen LogP contribution in [0.25, 0.3) is 0 Å². The number of sulfonamides is 1. The summed E-state index contributed by atoms with van der Waals surface area (Å²) in [4.78, 5) is 14.7. The Morgan fingerprint density at radius 2 is 1.83 bits per heavy atom. The first-order valence-corrected chi connectivity index (χ1v) is 11.0. The number of amides is 1. The van der Waals surface area contributed by atoms with Crippen LogP contribution in [0.15, 0.2) is 76.2 Å². The molecule has 3 rings (SSSR count). The van der Waals surface area contributed by atoms with E-state index >= 15 is 0 Å². The highest BCUT2D eigenvalue weighted by molar-refractivity contribution is 7.89. The van der Waals surface area contributed by atoms with Crippen molar-refractivity contribution in [3.05, 3.63) is 83.8 Å². The summed E-state index contributed by atoms with van der Waals surface area (Å²) in [7, 11) is -1.83. The van der Waals surface area contributed by atoms with E-state index in [1.165, 1.54) is 18.4 Å². The number of hydrogen-bond acceptors (Lipinski definition) is 5. The van der Waals surface area contributed by atoms with Crippen molar-refractivity contribution in [3.8, 4) is 0 Å². The fraction of sp³-hybridized carbons (Fsp3) is 0.227. The van der Waals surface area contributed by atoms with Crippen LogP contribution in [-0.4, -0.2) is 34.5 Å². The number of hydrogen-bond donors (Lipinski definition) is 2. The van der Waals surface area contributed by atoms with Gasteiger partial charge in [-0.1, -0.05) is 24.3 Å². The minimum Gasteiger partial charge on any atom is -0.468 e. The van der Waals surface area contributed by atoms with Crippen LogP contribution >= 0.6 is 0 Å². The molecule has 0 aliphatic rings. The minimum atomic E-state index is -3.78. The fourth-order valence-corrected chi connectivity index (χ4v) is 3.94.